The fourth-order valence-electron chi connectivity index (χ4n) is 1.56. The van der Waals surface area contributed by atoms with E-state index in [0.717, 1.165) is 0 Å². The average Bonchev–Trinajstić information content (AvgIpc) is 2.61. The van der Waals surface area contributed by atoms with E-state index in [0.29, 0.717) is 12.0 Å². The Kier molecular flexibility index (Phi) is 6.76. The molecule has 2 nitrogen and oxygen atoms in total. The minimum Gasteiger partial charge on any atom is -0.381 e. The van der Waals surface area contributed by atoms with Gasteiger partial charge >= 0.3 is 0 Å². The lowest BCUT2D eigenvalue weighted by Crippen LogP contribution is -2.12. The number of hydrogen-bond donors (Lipinski definition) is 1. The maximum Gasteiger partial charge on any atom is 0.0565 e. The molecule has 2 unspecified atom stereocenters. The third-order valence-corrected chi connectivity index (χ3v) is 2.48. The number of rotatable bonds is 0. The Bertz CT molecular complexity index is 271. The fraction of sp³-hybridized carbons (Fsp3) is 0.615. The van der Waals surface area contributed by atoms with Gasteiger partial charge in [-0.1, -0.05) is 34.6 Å². The standard InChI is InChI=1S/C9H12N2.2C2H6/c1-6-7(2)11-9-5-10-4-3-8(6)9;2*1-2/h3-7,11H,1-2H3;2*1-2H3. The van der Waals surface area contributed by atoms with E-state index < -0.39 is 0 Å². The molecule has 0 saturated carbocycles. The highest BCUT2D eigenvalue weighted by Crippen LogP contribution is 2.33. The lowest BCUT2D eigenvalue weighted by Gasteiger charge is -2.08. The molecule has 0 fully saturated rings. The van der Waals surface area contributed by atoms with Gasteiger partial charge in [0.15, 0.2) is 0 Å². The van der Waals surface area contributed by atoms with Crippen LogP contribution in [-0.2, 0) is 0 Å². The number of nitrogens with zero attached hydrogens (tertiary/aromatic N) is 1. The molecule has 0 radical (unpaired) electrons. The van der Waals surface area contributed by atoms with E-state index in [1.807, 2.05) is 40.1 Å². The van der Waals surface area contributed by atoms with E-state index >= 15 is 0 Å². The summed E-state index contributed by atoms with van der Waals surface area (Å²) in [5.74, 6) is 0.619. The molecule has 2 atom stereocenters. The maximum atomic E-state index is 4.06. The van der Waals surface area contributed by atoms with Crippen LogP contribution in [0.5, 0.6) is 0 Å². The Morgan fingerprint density at radius 2 is 1.73 bits per heavy atom. The monoisotopic (exact) mass is 208 g/mol. The molecule has 2 heteroatoms. The summed E-state index contributed by atoms with van der Waals surface area (Å²) >= 11 is 0. The van der Waals surface area contributed by atoms with E-state index in [1.54, 1.807) is 0 Å². The van der Waals surface area contributed by atoms with Gasteiger partial charge in [-0.05, 0) is 18.6 Å². The predicted octanol–water partition coefficient (Wildman–Crippen LogP) is 4.05. The summed E-state index contributed by atoms with van der Waals surface area (Å²) in [5, 5.41) is 3.38. The topological polar surface area (TPSA) is 24.9 Å². The van der Waals surface area contributed by atoms with Gasteiger partial charge in [-0.2, -0.15) is 0 Å². The molecule has 1 aromatic heterocycles. The summed E-state index contributed by atoms with van der Waals surface area (Å²) in [6.45, 7) is 12.4. The van der Waals surface area contributed by atoms with Crippen LogP contribution in [0.2, 0.25) is 0 Å². The van der Waals surface area contributed by atoms with Crippen molar-refractivity contribution >= 4 is 5.69 Å². The molecule has 0 saturated heterocycles. The Labute approximate surface area is 94.1 Å². The number of fused-ring (bicyclic) bond motifs is 1. The maximum absolute atomic E-state index is 4.06. The van der Waals surface area contributed by atoms with Gasteiger partial charge in [-0.25, -0.2) is 0 Å². The van der Waals surface area contributed by atoms with E-state index in [9.17, 15) is 0 Å². The van der Waals surface area contributed by atoms with Crippen molar-refractivity contribution in [2.45, 2.75) is 53.5 Å². The number of anilines is 1. The molecule has 0 aromatic carbocycles. The van der Waals surface area contributed by atoms with Crippen molar-refractivity contribution in [1.82, 2.24) is 4.98 Å². The first kappa shape index (κ1) is 13.9. The van der Waals surface area contributed by atoms with Gasteiger partial charge in [0.2, 0.25) is 0 Å². The molecule has 0 amide bonds. The lowest BCUT2D eigenvalue weighted by atomic mass is 10.00. The van der Waals surface area contributed by atoms with Crippen LogP contribution in [0.4, 0.5) is 5.69 Å². The molecule has 0 bridgehead atoms. The van der Waals surface area contributed by atoms with Crippen molar-refractivity contribution in [1.29, 1.82) is 0 Å². The first-order valence-electron chi connectivity index (χ1n) is 5.99. The zero-order valence-corrected chi connectivity index (χ0v) is 10.8. The Morgan fingerprint density at radius 3 is 2.27 bits per heavy atom. The second-order valence-electron chi connectivity index (χ2n) is 3.18. The molecule has 1 aromatic rings. The van der Waals surface area contributed by atoms with Crippen LogP contribution in [0.3, 0.4) is 0 Å². The van der Waals surface area contributed by atoms with Crippen LogP contribution < -0.4 is 5.32 Å². The highest BCUT2D eigenvalue weighted by atomic mass is 15.0. The van der Waals surface area contributed by atoms with Gasteiger partial charge in [-0.3, -0.25) is 4.98 Å². The van der Waals surface area contributed by atoms with Gasteiger partial charge in [0.25, 0.3) is 0 Å². The van der Waals surface area contributed by atoms with E-state index in [2.05, 4.69) is 30.2 Å². The van der Waals surface area contributed by atoms with Crippen LogP contribution >= 0.6 is 0 Å². The Morgan fingerprint density at radius 1 is 1.13 bits per heavy atom. The number of hydrogen-bond acceptors (Lipinski definition) is 2. The molecular formula is C13H24N2. The van der Waals surface area contributed by atoms with E-state index in [4.69, 9.17) is 0 Å². The lowest BCUT2D eigenvalue weighted by molar-refractivity contribution is 0.690. The second-order valence-corrected chi connectivity index (χ2v) is 3.18. The van der Waals surface area contributed by atoms with Crippen LogP contribution in [0.25, 0.3) is 0 Å². The molecule has 86 valence electrons. The third kappa shape index (κ3) is 3.22. The summed E-state index contributed by atoms with van der Waals surface area (Å²) in [5.41, 5.74) is 2.60. The summed E-state index contributed by atoms with van der Waals surface area (Å²) in [4.78, 5) is 4.06. The average molecular weight is 208 g/mol. The molecule has 1 aliphatic heterocycles. The van der Waals surface area contributed by atoms with Crippen molar-refractivity contribution in [2.24, 2.45) is 0 Å². The van der Waals surface area contributed by atoms with E-state index in [1.165, 1.54) is 11.3 Å². The van der Waals surface area contributed by atoms with E-state index in [-0.39, 0.29) is 0 Å². The molecule has 1 aliphatic rings. The van der Waals surface area contributed by atoms with Crippen molar-refractivity contribution in [3.05, 3.63) is 24.0 Å². The number of pyridine rings is 1. The minimum absolute atomic E-state index is 0.550. The number of nitrogens with one attached hydrogen (secondary N) is 1. The molecule has 1 N–H and O–H groups in total. The zero-order valence-electron chi connectivity index (χ0n) is 10.8. The first-order valence-corrected chi connectivity index (χ1v) is 5.99. The summed E-state index contributed by atoms with van der Waals surface area (Å²) < 4.78 is 0. The first-order chi connectivity index (χ1) is 7.29. The molecule has 2 heterocycles. The Hall–Kier alpha value is -1.05. The van der Waals surface area contributed by atoms with Gasteiger partial charge in [0.05, 0.1) is 11.9 Å². The summed E-state index contributed by atoms with van der Waals surface area (Å²) in [6.07, 6.45) is 3.75. The van der Waals surface area contributed by atoms with Gasteiger partial charge < -0.3 is 5.32 Å². The largest absolute Gasteiger partial charge is 0.381 e. The fourth-order valence-corrected chi connectivity index (χ4v) is 1.56. The van der Waals surface area contributed by atoms with Gasteiger partial charge in [-0.15, -0.1) is 0 Å². The summed E-state index contributed by atoms with van der Waals surface area (Å²) in [7, 11) is 0. The molecular weight excluding hydrogens is 184 g/mol. The van der Waals surface area contributed by atoms with Crippen LogP contribution in [0.1, 0.15) is 53.0 Å². The summed E-state index contributed by atoms with van der Waals surface area (Å²) in [6, 6.07) is 2.64. The van der Waals surface area contributed by atoms with Gasteiger partial charge in [0.1, 0.15) is 0 Å². The number of aromatic nitrogens is 1. The van der Waals surface area contributed by atoms with Crippen LogP contribution in [-0.4, -0.2) is 11.0 Å². The molecule has 0 spiro atoms. The normalized spacial score (nSPS) is 21.2. The SMILES string of the molecule is CC.CC.CC1Nc2cnccc2C1C. The molecule has 0 aliphatic carbocycles. The zero-order chi connectivity index (χ0) is 11.8. The quantitative estimate of drug-likeness (QED) is 0.695. The van der Waals surface area contributed by atoms with Crippen molar-refractivity contribution < 1.29 is 0 Å². The highest BCUT2D eigenvalue weighted by Gasteiger charge is 2.24. The minimum atomic E-state index is 0.550. The second kappa shape index (κ2) is 7.27. The van der Waals surface area contributed by atoms with Crippen LogP contribution in [0.15, 0.2) is 18.5 Å². The van der Waals surface area contributed by atoms with Crippen molar-refractivity contribution in [3.63, 3.8) is 0 Å². The molecule has 15 heavy (non-hydrogen) atoms. The Balaban J connectivity index is 0.000000442. The van der Waals surface area contributed by atoms with Gasteiger partial charge in [0, 0.05) is 18.2 Å². The third-order valence-electron chi connectivity index (χ3n) is 2.48. The predicted molar refractivity (Wildman–Crippen MR) is 68.4 cm³/mol. The highest BCUT2D eigenvalue weighted by molar-refractivity contribution is 5.56. The smallest absolute Gasteiger partial charge is 0.0565 e. The van der Waals surface area contributed by atoms with Crippen LogP contribution in [0, 0.1) is 0 Å². The van der Waals surface area contributed by atoms with Crippen molar-refractivity contribution in [3.8, 4) is 0 Å². The molecule has 2 rings (SSSR count). The van der Waals surface area contributed by atoms with Crippen molar-refractivity contribution in [2.75, 3.05) is 5.32 Å².